The zero-order chi connectivity index (χ0) is 9.07. The first-order valence-electron chi connectivity index (χ1n) is 4.76. The fourth-order valence-corrected chi connectivity index (χ4v) is 0.988. The highest BCUT2D eigenvalue weighted by molar-refractivity contribution is 4.99. The summed E-state index contributed by atoms with van der Waals surface area (Å²) >= 11 is 0. The van der Waals surface area contributed by atoms with E-state index in [4.69, 9.17) is 4.74 Å². The van der Waals surface area contributed by atoms with Crippen molar-refractivity contribution in [2.45, 2.75) is 39.0 Å². The second-order valence-electron chi connectivity index (χ2n) is 2.84. The largest absolute Gasteiger partial charge is 0.504 e. The predicted octanol–water partition coefficient (Wildman–Crippen LogP) is 3.67. The Balaban J connectivity index is 3.07. The Kier molecular flexibility index (Phi) is 9.66. The molecule has 0 aliphatic carbocycles. The fourth-order valence-electron chi connectivity index (χ4n) is 0.988. The van der Waals surface area contributed by atoms with Crippen LogP contribution in [0.25, 0.3) is 0 Å². The Bertz CT molecular complexity index is 125. The molecule has 0 aromatic carbocycles. The van der Waals surface area contributed by atoms with Crippen LogP contribution >= 0.6 is 0 Å². The second-order valence-corrected chi connectivity index (χ2v) is 2.84. The Morgan fingerprint density at radius 1 is 1.08 bits per heavy atom. The lowest BCUT2D eigenvalue weighted by Gasteiger charge is -1.92. The Morgan fingerprint density at radius 2 is 1.92 bits per heavy atom. The van der Waals surface area contributed by atoms with E-state index < -0.39 is 0 Å². The van der Waals surface area contributed by atoms with Gasteiger partial charge in [0.15, 0.2) is 0 Å². The van der Waals surface area contributed by atoms with Gasteiger partial charge in [-0.05, 0) is 18.9 Å². The zero-order valence-electron chi connectivity index (χ0n) is 8.25. The third-order valence-electron chi connectivity index (χ3n) is 1.69. The van der Waals surface area contributed by atoms with E-state index in [0.29, 0.717) is 0 Å². The summed E-state index contributed by atoms with van der Waals surface area (Å²) in [5.41, 5.74) is 0. The van der Waals surface area contributed by atoms with Gasteiger partial charge in [-0.25, -0.2) is 0 Å². The molecule has 12 heavy (non-hydrogen) atoms. The first kappa shape index (κ1) is 11.3. The molecule has 0 aromatic heterocycles. The summed E-state index contributed by atoms with van der Waals surface area (Å²) in [4.78, 5) is 0. The third kappa shape index (κ3) is 9.28. The van der Waals surface area contributed by atoms with E-state index in [-0.39, 0.29) is 0 Å². The van der Waals surface area contributed by atoms with Gasteiger partial charge in [-0.15, -0.1) is 0 Å². The summed E-state index contributed by atoms with van der Waals surface area (Å²) in [5, 5.41) is 0. The van der Waals surface area contributed by atoms with Crippen molar-refractivity contribution >= 4 is 0 Å². The van der Waals surface area contributed by atoms with Crippen LogP contribution in [0.2, 0.25) is 0 Å². The van der Waals surface area contributed by atoms with Crippen LogP contribution < -0.4 is 0 Å². The summed E-state index contributed by atoms with van der Waals surface area (Å²) in [6.07, 6.45) is 14.4. The summed E-state index contributed by atoms with van der Waals surface area (Å²) in [6, 6.07) is 0. The summed E-state index contributed by atoms with van der Waals surface area (Å²) in [6.45, 7) is 2.23. The first-order chi connectivity index (χ1) is 5.91. The van der Waals surface area contributed by atoms with E-state index in [1.165, 1.54) is 32.1 Å². The van der Waals surface area contributed by atoms with Gasteiger partial charge in [-0.3, -0.25) is 0 Å². The van der Waals surface area contributed by atoms with Crippen molar-refractivity contribution in [3.05, 3.63) is 24.5 Å². The number of hydrogen-bond donors (Lipinski definition) is 0. The van der Waals surface area contributed by atoms with E-state index in [9.17, 15) is 0 Å². The molecule has 0 atom stereocenters. The molecule has 0 fully saturated rings. The molecule has 0 amide bonds. The van der Waals surface area contributed by atoms with Crippen LogP contribution in [-0.4, -0.2) is 7.11 Å². The number of unbranched alkanes of at least 4 members (excludes halogenated alkanes) is 4. The van der Waals surface area contributed by atoms with Gasteiger partial charge < -0.3 is 4.74 Å². The van der Waals surface area contributed by atoms with Crippen LogP contribution in [0.1, 0.15) is 39.0 Å². The lowest BCUT2D eigenvalue weighted by atomic mass is 10.1. The number of hydrogen-bond acceptors (Lipinski definition) is 1. The monoisotopic (exact) mass is 168 g/mol. The molecule has 0 N–H and O–H groups in total. The van der Waals surface area contributed by atoms with E-state index in [1.807, 2.05) is 12.2 Å². The van der Waals surface area contributed by atoms with Gasteiger partial charge in [0.05, 0.1) is 13.4 Å². The molecule has 1 heteroatoms. The summed E-state index contributed by atoms with van der Waals surface area (Å²) in [7, 11) is 1.66. The fraction of sp³-hybridized carbons (Fsp3) is 0.636. The molecule has 0 aromatic rings. The molecule has 0 aliphatic rings. The molecule has 1 nitrogen and oxygen atoms in total. The van der Waals surface area contributed by atoms with Crippen molar-refractivity contribution in [2.75, 3.05) is 7.11 Å². The Labute approximate surface area is 76.1 Å². The van der Waals surface area contributed by atoms with Crippen molar-refractivity contribution in [3.63, 3.8) is 0 Å². The molecule has 0 rings (SSSR count). The summed E-state index contributed by atoms with van der Waals surface area (Å²) < 4.78 is 4.76. The molecular weight excluding hydrogens is 148 g/mol. The average Bonchev–Trinajstić information content (AvgIpc) is 2.10. The van der Waals surface area contributed by atoms with Gasteiger partial charge in [-0.2, -0.15) is 0 Å². The van der Waals surface area contributed by atoms with Crippen LogP contribution in [0.5, 0.6) is 0 Å². The number of rotatable bonds is 7. The van der Waals surface area contributed by atoms with E-state index in [1.54, 1.807) is 13.4 Å². The van der Waals surface area contributed by atoms with Gasteiger partial charge in [0.25, 0.3) is 0 Å². The number of ether oxygens (including phenoxy) is 1. The van der Waals surface area contributed by atoms with Crippen molar-refractivity contribution in [3.8, 4) is 0 Å². The lowest BCUT2D eigenvalue weighted by Crippen LogP contribution is -1.73. The zero-order valence-corrected chi connectivity index (χ0v) is 8.25. The highest BCUT2D eigenvalue weighted by atomic mass is 16.5. The van der Waals surface area contributed by atoms with Crippen molar-refractivity contribution in [1.29, 1.82) is 0 Å². The molecule has 0 bridgehead atoms. The molecule has 70 valence electrons. The van der Waals surface area contributed by atoms with Crippen LogP contribution in [0, 0.1) is 0 Å². The van der Waals surface area contributed by atoms with Crippen molar-refractivity contribution < 1.29 is 4.74 Å². The highest BCUT2D eigenvalue weighted by Gasteiger charge is 1.82. The van der Waals surface area contributed by atoms with E-state index in [0.717, 1.165) is 0 Å². The van der Waals surface area contributed by atoms with Crippen molar-refractivity contribution in [1.82, 2.24) is 0 Å². The van der Waals surface area contributed by atoms with Gasteiger partial charge in [0.1, 0.15) is 0 Å². The van der Waals surface area contributed by atoms with Crippen LogP contribution in [0.4, 0.5) is 0 Å². The van der Waals surface area contributed by atoms with Gasteiger partial charge >= 0.3 is 0 Å². The van der Waals surface area contributed by atoms with Crippen LogP contribution in [-0.2, 0) is 4.74 Å². The quantitative estimate of drug-likeness (QED) is 0.320. The predicted molar refractivity (Wildman–Crippen MR) is 54.0 cm³/mol. The summed E-state index contributed by atoms with van der Waals surface area (Å²) in [5.74, 6) is 0. The molecule has 0 unspecified atom stereocenters. The van der Waals surface area contributed by atoms with Gasteiger partial charge in [0.2, 0.25) is 0 Å². The smallest absolute Gasteiger partial charge is 0.0824 e. The Hall–Kier alpha value is -0.720. The molecular formula is C11H20O. The Morgan fingerprint density at radius 3 is 2.58 bits per heavy atom. The SMILES string of the molecule is CCCCCC/C=C/C=C/OC. The topological polar surface area (TPSA) is 9.23 Å². The molecule has 0 spiro atoms. The minimum atomic E-state index is 1.19. The van der Waals surface area contributed by atoms with E-state index in [2.05, 4.69) is 13.0 Å². The van der Waals surface area contributed by atoms with E-state index >= 15 is 0 Å². The van der Waals surface area contributed by atoms with Gasteiger partial charge in [0, 0.05) is 0 Å². The maximum Gasteiger partial charge on any atom is 0.0824 e. The molecule has 0 saturated heterocycles. The van der Waals surface area contributed by atoms with Gasteiger partial charge in [-0.1, -0.05) is 38.3 Å². The molecule has 0 radical (unpaired) electrons. The molecule has 0 saturated carbocycles. The maximum atomic E-state index is 4.76. The minimum Gasteiger partial charge on any atom is -0.504 e. The van der Waals surface area contributed by atoms with Crippen LogP contribution in [0.3, 0.4) is 0 Å². The second kappa shape index (κ2) is 10.3. The highest BCUT2D eigenvalue weighted by Crippen LogP contribution is 2.02. The standard InChI is InChI=1S/C11H20O/c1-3-4-5-6-7-8-9-10-11-12-2/h8-11H,3-7H2,1-2H3/b9-8+,11-10+. The third-order valence-corrected chi connectivity index (χ3v) is 1.69. The minimum absolute atomic E-state index is 1.19. The number of methoxy groups -OCH3 is 1. The molecule has 0 heterocycles. The number of allylic oxidation sites excluding steroid dienone is 3. The average molecular weight is 168 g/mol. The maximum absolute atomic E-state index is 4.76. The lowest BCUT2D eigenvalue weighted by molar-refractivity contribution is 0.338. The first-order valence-corrected chi connectivity index (χ1v) is 4.76. The molecule has 0 aliphatic heterocycles. The van der Waals surface area contributed by atoms with Crippen molar-refractivity contribution in [2.24, 2.45) is 0 Å². The van der Waals surface area contributed by atoms with Crippen LogP contribution in [0.15, 0.2) is 24.5 Å². The normalized spacial score (nSPS) is 11.5.